The molecular weight excluding hydrogens is 212 g/mol. The third kappa shape index (κ3) is 4.57. The van der Waals surface area contributed by atoms with E-state index < -0.39 is 0 Å². The molecule has 1 aromatic rings. The molecule has 2 N–H and O–H groups in total. The molecule has 1 aromatic carbocycles. The first-order chi connectivity index (χ1) is 8.15. The maximum atomic E-state index is 11.7. The average Bonchev–Trinajstić information content (AvgIpc) is 2.36. The van der Waals surface area contributed by atoms with Crippen molar-refractivity contribution in [3.05, 3.63) is 35.9 Å². The number of benzene rings is 1. The smallest absolute Gasteiger partial charge is 0.236 e. The van der Waals surface area contributed by atoms with E-state index in [4.69, 9.17) is 0 Å². The third-order valence-electron chi connectivity index (χ3n) is 2.74. The van der Waals surface area contributed by atoms with Gasteiger partial charge in [-0.15, -0.1) is 0 Å². The largest absolute Gasteiger partial charge is 0.355 e. The van der Waals surface area contributed by atoms with E-state index in [1.165, 1.54) is 5.56 Å². The normalized spacial score (nSPS) is 14.1. The van der Waals surface area contributed by atoms with Crippen molar-refractivity contribution in [3.63, 3.8) is 0 Å². The third-order valence-corrected chi connectivity index (χ3v) is 2.74. The average molecular weight is 234 g/mol. The first kappa shape index (κ1) is 13.7. The molecule has 3 nitrogen and oxygen atoms in total. The minimum atomic E-state index is -0.170. The van der Waals surface area contributed by atoms with Crippen LogP contribution in [0, 0.1) is 0 Å². The second-order valence-electron chi connectivity index (χ2n) is 4.31. The molecule has 1 amide bonds. The van der Waals surface area contributed by atoms with Gasteiger partial charge in [0.25, 0.3) is 0 Å². The van der Waals surface area contributed by atoms with Crippen molar-refractivity contribution < 1.29 is 4.79 Å². The molecule has 0 radical (unpaired) electrons. The van der Waals surface area contributed by atoms with Crippen LogP contribution in [0.5, 0.6) is 0 Å². The summed E-state index contributed by atoms with van der Waals surface area (Å²) in [7, 11) is 0. The first-order valence-corrected chi connectivity index (χ1v) is 6.23. The lowest BCUT2D eigenvalue weighted by Gasteiger charge is -2.19. The van der Waals surface area contributed by atoms with Crippen molar-refractivity contribution in [2.45, 2.75) is 39.3 Å². The van der Waals surface area contributed by atoms with Gasteiger partial charge in [0, 0.05) is 12.6 Å². The SMILES string of the molecule is CCCNC(=O)C(C)N[C@@H](C)c1ccccc1. The van der Waals surface area contributed by atoms with Crippen LogP contribution < -0.4 is 10.6 Å². The number of amides is 1. The number of carbonyl (C=O) groups is 1. The maximum absolute atomic E-state index is 11.7. The van der Waals surface area contributed by atoms with Crippen molar-refractivity contribution in [1.82, 2.24) is 10.6 Å². The van der Waals surface area contributed by atoms with Crippen LogP contribution in [0.4, 0.5) is 0 Å². The summed E-state index contributed by atoms with van der Waals surface area (Å²) in [6.45, 7) is 6.75. The fourth-order valence-corrected chi connectivity index (χ4v) is 1.69. The zero-order chi connectivity index (χ0) is 12.7. The summed E-state index contributed by atoms with van der Waals surface area (Å²) in [6, 6.07) is 10.1. The molecule has 0 fully saturated rings. The molecule has 0 saturated carbocycles. The van der Waals surface area contributed by atoms with Gasteiger partial charge >= 0.3 is 0 Å². The summed E-state index contributed by atoms with van der Waals surface area (Å²) >= 11 is 0. The van der Waals surface area contributed by atoms with E-state index in [-0.39, 0.29) is 18.0 Å². The Morgan fingerprint density at radius 3 is 2.47 bits per heavy atom. The minimum absolute atomic E-state index is 0.0645. The van der Waals surface area contributed by atoms with E-state index in [0.717, 1.165) is 13.0 Å². The molecule has 0 heterocycles. The van der Waals surface area contributed by atoms with Crippen molar-refractivity contribution in [1.29, 1.82) is 0 Å². The molecule has 0 saturated heterocycles. The summed E-state index contributed by atoms with van der Waals surface area (Å²) in [5.41, 5.74) is 1.20. The van der Waals surface area contributed by atoms with Crippen LogP contribution in [0.15, 0.2) is 30.3 Å². The lowest BCUT2D eigenvalue weighted by Crippen LogP contribution is -2.43. The summed E-state index contributed by atoms with van der Waals surface area (Å²) in [5.74, 6) is 0.0645. The Labute approximate surface area is 104 Å². The molecule has 1 rings (SSSR count). The van der Waals surface area contributed by atoms with Gasteiger partial charge in [-0.05, 0) is 25.8 Å². The first-order valence-electron chi connectivity index (χ1n) is 6.23. The van der Waals surface area contributed by atoms with E-state index in [1.54, 1.807) is 0 Å². The summed E-state index contributed by atoms with van der Waals surface area (Å²) in [5, 5.41) is 6.18. The molecular formula is C14H22N2O. The number of carbonyl (C=O) groups excluding carboxylic acids is 1. The standard InChI is InChI=1S/C14H22N2O/c1-4-10-15-14(17)12(3)16-11(2)13-8-6-5-7-9-13/h5-9,11-12,16H,4,10H2,1-3H3,(H,15,17)/t11-,12?/m0/s1. The predicted molar refractivity (Wildman–Crippen MR) is 70.8 cm³/mol. The Bertz CT molecular complexity index is 337. The van der Waals surface area contributed by atoms with Crippen LogP contribution in [0.3, 0.4) is 0 Å². The molecule has 3 heteroatoms. The van der Waals surface area contributed by atoms with Crippen LogP contribution in [0.1, 0.15) is 38.8 Å². The van der Waals surface area contributed by atoms with Crippen LogP contribution in [-0.2, 0) is 4.79 Å². The number of nitrogens with one attached hydrogen (secondary N) is 2. The van der Waals surface area contributed by atoms with Crippen LogP contribution in [0.25, 0.3) is 0 Å². The van der Waals surface area contributed by atoms with Crippen molar-refractivity contribution in [3.8, 4) is 0 Å². The molecule has 0 aliphatic rings. The van der Waals surface area contributed by atoms with Gasteiger partial charge in [0.1, 0.15) is 0 Å². The zero-order valence-electron chi connectivity index (χ0n) is 10.9. The fourth-order valence-electron chi connectivity index (χ4n) is 1.69. The van der Waals surface area contributed by atoms with E-state index in [2.05, 4.69) is 29.7 Å². The van der Waals surface area contributed by atoms with Crippen LogP contribution >= 0.6 is 0 Å². The maximum Gasteiger partial charge on any atom is 0.236 e. The predicted octanol–water partition coefficient (Wildman–Crippen LogP) is 2.25. The monoisotopic (exact) mass is 234 g/mol. The zero-order valence-corrected chi connectivity index (χ0v) is 10.9. The summed E-state index contributed by atoms with van der Waals surface area (Å²) in [4.78, 5) is 11.7. The second-order valence-corrected chi connectivity index (χ2v) is 4.31. The van der Waals surface area contributed by atoms with Gasteiger partial charge in [-0.1, -0.05) is 37.3 Å². The lowest BCUT2D eigenvalue weighted by atomic mass is 10.1. The Hall–Kier alpha value is -1.35. The van der Waals surface area contributed by atoms with Crippen molar-refractivity contribution in [2.75, 3.05) is 6.54 Å². The highest BCUT2D eigenvalue weighted by molar-refractivity contribution is 5.81. The van der Waals surface area contributed by atoms with Gasteiger partial charge in [0.2, 0.25) is 5.91 Å². The highest BCUT2D eigenvalue weighted by atomic mass is 16.2. The molecule has 0 aromatic heterocycles. The Morgan fingerprint density at radius 1 is 1.24 bits per heavy atom. The summed E-state index contributed by atoms with van der Waals surface area (Å²) < 4.78 is 0. The van der Waals surface area contributed by atoms with Crippen LogP contribution in [0.2, 0.25) is 0 Å². The van der Waals surface area contributed by atoms with Gasteiger partial charge in [0.05, 0.1) is 6.04 Å². The highest BCUT2D eigenvalue weighted by Gasteiger charge is 2.15. The molecule has 0 aliphatic carbocycles. The summed E-state index contributed by atoms with van der Waals surface area (Å²) in [6.07, 6.45) is 0.965. The molecule has 0 spiro atoms. The van der Waals surface area contributed by atoms with E-state index in [1.807, 2.05) is 32.0 Å². The Balaban J connectivity index is 2.45. The van der Waals surface area contributed by atoms with Gasteiger partial charge in [-0.2, -0.15) is 0 Å². The highest BCUT2D eigenvalue weighted by Crippen LogP contribution is 2.11. The molecule has 94 valence electrons. The fraction of sp³-hybridized carbons (Fsp3) is 0.500. The van der Waals surface area contributed by atoms with E-state index in [9.17, 15) is 4.79 Å². The quantitative estimate of drug-likeness (QED) is 0.792. The van der Waals surface area contributed by atoms with Gasteiger partial charge in [-0.25, -0.2) is 0 Å². The lowest BCUT2D eigenvalue weighted by molar-refractivity contribution is -0.122. The van der Waals surface area contributed by atoms with Crippen LogP contribution in [-0.4, -0.2) is 18.5 Å². The second kappa shape index (κ2) is 7.07. The van der Waals surface area contributed by atoms with E-state index in [0.29, 0.717) is 0 Å². The van der Waals surface area contributed by atoms with Crippen molar-refractivity contribution >= 4 is 5.91 Å². The number of hydrogen-bond donors (Lipinski definition) is 2. The minimum Gasteiger partial charge on any atom is -0.355 e. The molecule has 17 heavy (non-hydrogen) atoms. The number of hydrogen-bond acceptors (Lipinski definition) is 2. The Morgan fingerprint density at radius 2 is 1.88 bits per heavy atom. The number of rotatable bonds is 6. The molecule has 1 unspecified atom stereocenters. The topological polar surface area (TPSA) is 41.1 Å². The van der Waals surface area contributed by atoms with E-state index >= 15 is 0 Å². The van der Waals surface area contributed by atoms with Gasteiger partial charge in [0.15, 0.2) is 0 Å². The molecule has 0 aliphatic heterocycles. The Kier molecular flexibility index (Phi) is 5.70. The molecule has 0 bridgehead atoms. The van der Waals surface area contributed by atoms with Gasteiger partial charge < -0.3 is 5.32 Å². The van der Waals surface area contributed by atoms with Gasteiger partial charge in [-0.3, -0.25) is 10.1 Å². The molecule has 2 atom stereocenters. The van der Waals surface area contributed by atoms with Crippen molar-refractivity contribution in [2.24, 2.45) is 0 Å².